The van der Waals surface area contributed by atoms with E-state index in [9.17, 15) is 9.59 Å². The first-order valence-corrected chi connectivity index (χ1v) is 36.3. The lowest BCUT2D eigenvalue weighted by atomic mass is 9.83. The first kappa shape index (κ1) is 68.8. The van der Waals surface area contributed by atoms with Crippen molar-refractivity contribution in [3.63, 3.8) is 0 Å². The van der Waals surface area contributed by atoms with Gasteiger partial charge < -0.3 is 9.47 Å². The van der Waals surface area contributed by atoms with E-state index in [1.54, 1.807) is 0 Å². The van der Waals surface area contributed by atoms with Crippen LogP contribution in [0.2, 0.25) is 0 Å². The second kappa shape index (κ2) is 37.8. The first-order valence-electron chi connectivity index (χ1n) is 36.3. The van der Waals surface area contributed by atoms with Gasteiger partial charge in [0.05, 0.1) is 13.2 Å². The molecule has 0 radical (unpaired) electrons. The van der Waals surface area contributed by atoms with E-state index in [-0.39, 0.29) is 11.6 Å². The quantitative estimate of drug-likeness (QED) is 0.0217. The van der Waals surface area contributed by atoms with Crippen molar-refractivity contribution in [2.75, 3.05) is 13.2 Å². The standard InChI is InChI=1S/C88H106O4/c1-5-9-13-17-21-23-25-29-37-67-43-47-71(48-44-67)87(89)81-41-33-31-39-77(81)73-55-61-79-83(65-73)85(69-51-57-75(58-52-69)91-63-35-27-19-15-11-7-3)80-62-56-74(66-84(80)86(79)70-53-59-76(60-54-70)92-64-36-28-20-16-12-8-4)78-40-32-34-42-82(78)88(90)72-49-45-68(46-50-72)38-30-26-24-22-18-14-10-6-2/h31-34,39-62,65-66H,5-30,35-38,63-64H2,1-4H3. The van der Waals surface area contributed by atoms with Crippen molar-refractivity contribution in [1.29, 1.82) is 0 Å². The summed E-state index contributed by atoms with van der Waals surface area (Å²) in [5, 5.41) is 4.33. The number of hydrogen-bond acceptors (Lipinski definition) is 4. The third-order valence-electron chi connectivity index (χ3n) is 19.0. The van der Waals surface area contributed by atoms with Gasteiger partial charge in [-0.3, -0.25) is 9.59 Å². The van der Waals surface area contributed by atoms with E-state index in [1.807, 2.05) is 60.7 Å². The maximum atomic E-state index is 14.8. The van der Waals surface area contributed by atoms with E-state index < -0.39 is 0 Å². The van der Waals surface area contributed by atoms with Crippen molar-refractivity contribution < 1.29 is 19.1 Å². The van der Waals surface area contributed by atoms with Crippen LogP contribution in [0.25, 0.3) is 66.1 Å². The molecule has 9 aromatic rings. The number of fused-ring (bicyclic) bond motifs is 2. The fourth-order valence-corrected chi connectivity index (χ4v) is 13.5. The lowest BCUT2D eigenvalue weighted by Gasteiger charge is -2.21. The number of ether oxygens (including phenoxy) is 2. The molecule has 0 N–H and O–H groups in total. The van der Waals surface area contributed by atoms with Crippen LogP contribution in [-0.4, -0.2) is 24.8 Å². The highest BCUT2D eigenvalue weighted by Crippen LogP contribution is 2.47. The topological polar surface area (TPSA) is 52.6 Å². The fraction of sp³-hybridized carbons (Fsp3) is 0.409. The second-order valence-electron chi connectivity index (χ2n) is 26.1. The highest BCUT2D eigenvalue weighted by molar-refractivity contribution is 6.23. The van der Waals surface area contributed by atoms with Crippen LogP contribution in [0.3, 0.4) is 0 Å². The predicted octanol–water partition coefficient (Wildman–Crippen LogP) is 26.0. The van der Waals surface area contributed by atoms with E-state index in [1.165, 1.54) is 178 Å². The zero-order chi connectivity index (χ0) is 64.0. The van der Waals surface area contributed by atoms with Crippen LogP contribution in [0.1, 0.15) is 250 Å². The Morgan fingerprint density at radius 3 is 0.935 bits per heavy atom. The Hall–Kier alpha value is -7.56. The molecular formula is C88H106O4. The van der Waals surface area contributed by atoms with Gasteiger partial charge in [-0.2, -0.15) is 0 Å². The van der Waals surface area contributed by atoms with Crippen LogP contribution in [0.4, 0.5) is 0 Å². The molecule has 9 rings (SSSR count). The van der Waals surface area contributed by atoms with Gasteiger partial charge >= 0.3 is 0 Å². The van der Waals surface area contributed by atoms with Gasteiger partial charge in [0.25, 0.3) is 0 Å². The average molecular weight is 1230 g/mol. The molecule has 0 atom stereocenters. The van der Waals surface area contributed by atoms with Crippen LogP contribution >= 0.6 is 0 Å². The smallest absolute Gasteiger partial charge is 0.193 e. The van der Waals surface area contributed by atoms with Crippen molar-refractivity contribution in [3.05, 3.63) is 215 Å². The molecule has 0 aliphatic heterocycles. The molecule has 0 aliphatic rings. The maximum Gasteiger partial charge on any atom is 0.193 e. The predicted molar refractivity (Wildman–Crippen MR) is 393 cm³/mol. The third-order valence-corrected chi connectivity index (χ3v) is 19.0. The van der Waals surface area contributed by atoms with Gasteiger partial charge in [0.15, 0.2) is 11.6 Å². The van der Waals surface area contributed by atoms with Gasteiger partial charge in [0.1, 0.15) is 11.5 Å². The SMILES string of the molecule is CCCCCCCCCCc1ccc(C(=O)c2ccccc2-c2ccc3c(-c4ccc(OCCCCCCCC)cc4)c4cc(-c5ccccc5C(=O)c5ccc(CCCCCCCCCC)cc5)ccc4c(-c4ccc(OCCCCCCCC)cc4)c3c2)cc1. The van der Waals surface area contributed by atoms with Crippen molar-refractivity contribution in [2.24, 2.45) is 0 Å². The molecule has 0 aromatic heterocycles. The van der Waals surface area contributed by atoms with Crippen LogP contribution in [0, 0.1) is 0 Å². The van der Waals surface area contributed by atoms with Crippen molar-refractivity contribution in [1.82, 2.24) is 0 Å². The molecule has 0 heterocycles. The Balaban J connectivity index is 1.10. The van der Waals surface area contributed by atoms with Crippen molar-refractivity contribution >= 4 is 33.1 Å². The molecule has 0 saturated carbocycles. The molecule has 0 aliphatic carbocycles. The van der Waals surface area contributed by atoms with Crippen molar-refractivity contribution in [2.45, 2.75) is 220 Å². The highest BCUT2D eigenvalue weighted by atomic mass is 16.5. The van der Waals surface area contributed by atoms with Gasteiger partial charge in [-0.15, -0.1) is 0 Å². The summed E-state index contributed by atoms with van der Waals surface area (Å²) < 4.78 is 12.8. The van der Waals surface area contributed by atoms with Gasteiger partial charge in [-0.25, -0.2) is 0 Å². The van der Waals surface area contributed by atoms with Gasteiger partial charge in [0, 0.05) is 22.3 Å². The van der Waals surface area contributed by atoms with E-state index in [4.69, 9.17) is 9.47 Å². The molecule has 0 fully saturated rings. The Morgan fingerprint density at radius 2 is 0.587 bits per heavy atom. The Labute approximate surface area is 554 Å². The van der Waals surface area contributed by atoms with Gasteiger partial charge in [0.2, 0.25) is 0 Å². The number of unbranched alkanes of at least 4 members (excludes halogenated alkanes) is 24. The monoisotopic (exact) mass is 1230 g/mol. The minimum absolute atomic E-state index is 0.0199. The number of carbonyl (C=O) groups is 2. The molecule has 0 amide bonds. The molecule has 92 heavy (non-hydrogen) atoms. The number of hydrogen-bond donors (Lipinski definition) is 0. The zero-order valence-corrected chi connectivity index (χ0v) is 56.6. The average Bonchev–Trinajstić information content (AvgIpc) is 0.746. The summed E-state index contributed by atoms with van der Waals surface area (Å²) in [4.78, 5) is 29.6. The van der Waals surface area contributed by atoms with E-state index >= 15 is 0 Å². The lowest BCUT2D eigenvalue weighted by Crippen LogP contribution is -2.04. The summed E-state index contributed by atoms with van der Waals surface area (Å²) in [5.74, 6) is 1.77. The number of rotatable bonds is 42. The van der Waals surface area contributed by atoms with Crippen LogP contribution in [0.15, 0.2) is 182 Å². The molecule has 482 valence electrons. The molecular weight excluding hydrogens is 1120 g/mol. The fourth-order valence-electron chi connectivity index (χ4n) is 13.5. The molecule has 4 nitrogen and oxygen atoms in total. The van der Waals surface area contributed by atoms with Gasteiger partial charge in [-0.05, 0) is 152 Å². The van der Waals surface area contributed by atoms with E-state index in [0.29, 0.717) is 35.5 Å². The molecule has 4 heteroatoms. The molecule has 0 saturated heterocycles. The summed E-state index contributed by atoms with van der Waals surface area (Å²) in [6, 6.07) is 63.9. The summed E-state index contributed by atoms with van der Waals surface area (Å²) in [5.41, 5.74) is 13.4. The minimum atomic E-state index is 0.0199. The maximum absolute atomic E-state index is 14.8. The molecule has 9 aromatic carbocycles. The molecule has 0 unspecified atom stereocenters. The first-order chi connectivity index (χ1) is 45.4. The molecule has 0 bridgehead atoms. The molecule has 0 spiro atoms. The van der Waals surface area contributed by atoms with E-state index in [0.717, 1.165) is 103 Å². The number of carbonyl (C=O) groups excluding carboxylic acids is 2. The number of ketones is 2. The second-order valence-corrected chi connectivity index (χ2v) is 26.1. The Kier molecular flexibility index (Phi) is 28.3. The zero-order valence-electron chi connectivity index (χ0n) is 56.6. The summed E-state index contributed by atoms with van der Waals surface area (Å²) in [7, 11) is 0. The number of aryl methyl sites for hydroxylation is 2. The largest absolute Gasteiger partial charge is 0.494 e. The van der Waals surface area contributed by atoms with Gasteiger partial charge in [-0.1, -0.05) is 327 Å². The van der Waals surface area contributed by atoms with Crippen LogP contribution in [-0.2, 0) is 12.8 Å². The summed E-state index contributed by atoms with van der Waals surface area (Å²) >= 11 is 0. The van der Waals surface area contributed by atoms with Crippen LogP contribution < -0.4 is 9.47 Å². The Morgan fingerprint density at radius 1 is 0.283 bits per heavy atom. The lowest BCUT2D eigenvalue weighted by molar-refractivity contribution is 0.103. The minimum Gasteiger partial charge on any atom is -0.494 e. The Bertz CT molecular complexity index is 3420. The summed E-state index contributed by atoms with van der Waals surface area (Å²) in [6.45, 7) is 10.5. The van der Waals surface area contributed by atoms with Crippen molar-refractivity contribution in [3.8, 4) is 56.0 Å². The van der Waals surface area contributed by atoms with Crippen LogP contribution in [0.5, 0.6) is 11.5 Å². The van der Waals surface area contributed by atoms with E-state index in [2.05, 4.69) is 149 Å². The highest BCUT2D eigenvalue weighted by Gasteiger charge is 2.23. The third kappa shape index (κ3) is 19.7. The normalized spacial score (nSPS) is 11.4. The summed E-state index contributed by atoms with van der Waals surface area (Å²) in [6.07, 6.45) is 37.3. The number of benzene rings is 9.